The lowest BCUT2D eigenvalue weighted by Gasteiger charge is -2.06. The largest absolute Gasteiger partial charge is 0.497 e. The second kappa shape index (κ2) is 9.30. The summed E-state index contributed by atoms with van der Waals surface area (Å²) in [5.41, 5.74) is 3.87. The van der Waals surface area contributed by atoms with Crippen molar-refractivity contribution in [3.8, 4) is 11.5 Å². The first-order valence-electron chi connectivity index (χ1n) is 7.60. The smallest absolute Gasteiger partial charge is 0.244 e. The molecule has 0 saturated heterocycles. The standard InChI is InChI=1S/C18H18Cl2N2O3/c1-3-25-17-7-4-12(8-16(17)20)11-21-22-18(23)10-13-9-14(24-2)5-6-15(13)19/h4-9,11H,3,10H2,1-2H3,(H,22,23)/b21-11+. The van der Waals surface area contributed by atoms with Gasteiger partial charge in [-0.25, -0.2) is 5.43 Å². The lowest BCUT2D eigenvalue weighted by atomic mass is 10.1. The van der Waals surface area contributed by atoms with Crippen molar-refractivity contribution in [2.45, 2.75) is 13.3 Å². The van der Waals surface area contributed by atoms with Crippen molar-refractivity contribution in [2.75, 3.05) is 13.7 Å². The summed E-state index contributed by atoms with van der Waals surface area (Å²) in [5.74, 6) is 0.959. The minimum Gasteiger partial charge on any atom is -0.497 e. The van der Waals surface area contributed by atoms with Crippen molar-refractivity contribution in [1.82, 2.24) is 5.43 Å². The quantitative estimate of drug-likeness (QED) is 0.581. The van der Waals surface area contributed by atoms with Crippen LogP contribution in [0.1, 0.15) is 18.1 Å². The number of benzene rings is 2. The molecule has 1 N–H and O–H groups in total. The molecule has 0 bridgehead atoms. The molecule has 0 aliphatic rings. The second-order valence-electron chi connectivity index (χ2n) is 5.05. The van der Waals surface area contributed by atoms with E-state index < -0.39 is 0 Å². The number of halogens is 2. The summed E-state index contributed by atoms with van der Waals surface area (Å²) in [6.45, 7) is 2.42. The van der Waals surface area contributed by atoms with Gasteiger partial charge in [-0.15, -0.1) is 0 Å². The third-order valence-electron chi connectivity index (χ3n) is 3.26. The van der Waals surface area contributed by atoms with E-state index in [4.69, 9.17) is 32.7 Å². The summed E-state index contributed by atoms with van der Waals surface area (Å²) in [7, 11) is 1.55. The lowest BCUT2D eigenvalue weighted by molar-refractivity contribution is -0.120. The summed E-state index contributed by atoms with van der Waals surface area (Å²) in [5, 5.41) is 4.91. The van der Waals surface area contributed by atoms with Gasteiger partial charge < -0.3 is 9.47 Å². The van der Waals surface area contributed by atoms with Gasteiger partial charge in [0, 0.05) is 5.02 Å². The van der Waals surface area contributed by atoms with Crippen LogP contribution in [0.25, 0.3) is 0 Å². The van der Waals surface area contributed by atoms with Crippen LogP contribution in [0.5, 0.6) is 11.5 Å². The first-order chi connectivity index (χ1) is 12.0. The third-order valence-corrected chi connectivity index (χ3v) is 3.93. The van der Waals surface area contributed by atoms with E-state index in [1.807, 2.05) is 6.92 Å². The SMILES string of the molecule is CCOc1ccc(/C=N/NC(=O)Cc2cc(OC)ccc2Cl)cc1Cl. The maximum Gasteiger partial charge on any atom is 0.244 e. The first kappa shape index (κ1) is 19.1. The number of hydrogen-bond donors (Lipinski definition) is 1. The number of nitrogens with one attached hydrogen (secondary N) is 1. The number of carbonyl (C=O) groups excluding carboxylic acids is 1. The monoisotopic (exact) mass is 380 g/mol. The van der Waals surface area contributed by atoms with Gasteiger partial charge in [0.05, 0.1) is 31.4 Å². The Morgan fingerprint density at radius 2 is 2.00 bits per heavy atom. The Labute approximate surface area is 156 Å². The van der Waals surface area contributed by atoms with Crippen LogP contribution < -0.4 is 14.9 Å². The molecule has 7 heteroatoms. The lowest BCUT2D eigenvalue weighted by Crippen LogP contribution is -2.20. The van der Waals surface area contributed by atoms with Crippen molar-refractivity contribution in [2.24, 2.45) is 5.10 Å². The molecule has 1 amide bonds. The van der Waals surface area contributed by atoms with Gasteiger partial charge in [0.1, 0.15) is 11.5 Å². The Hall–Kier alpha value is -2.24. The third kappa shape index (κ3) is 5.66. The first-order valence-corrected chi connectivity index (χ1v) is 8.35. The molecule has 25 heavy (non-hydrogen) atoms. The average molecular weight is 381 g/mol. The van der Waals surface area contributed by atoms with Crippen molar-refractivity contribution >= 4 is 35.3 Å². The zero-order chi connectivity index (χ0) is 18.2. The number of hydrogen-bond acceptors (Lipinski definition) is 4. The van der Waals surface area contributed by atoms with Gasteiger partial charge in [0.2, 0.25) is 5.91 Å². The average Bonchev–Trinajstić information content (AvgIpc) is 2.59. The highest BCUT2D eigenvalue weighted by molar-refractivity contribution is 6.32. The molecule has 2 aromatic rings. The van der Waals surface area contributed by atoms with Crippen LogP contribution in [0.3, 0.4) is 0 Å². The Morgan fingerprint density at radius 3 is 2.68 bits per heavy atom. The van der Waals surface area contributed by atoms with Crippen molar-refractivity contribution in [3.63, 3.8) is 0 Å². The van der Waals surface area contributed by atoms with Crippen molar-refractivity contribution in [1.29, 1.82) is 0 Å². The normalized spacial score (nSPS) is 10.7. The predicted molar refractivity (Wildman–Crippen MR) is 100 cm³/mol. The summed E-state index contributed by atoms with van der Waals surface area (Å²) < 4.78 is 10.5. The van der Waals surface area contributed by atoms with E-state index in [0.29, 0.717) is 33.7 Å². The van der Waals surface area contributed by atoms with Crippen LogP contribution >= 0.6 is 23.2 Å². The number of nitrogens with zero attached hydrogens (tertiary/aromatic N) is 1. The van der Waals surface area contributed by atoms with Crippen LogP contribution in [0.4, 0.5) is 0 Å². The molecule has 0 fully saturated rings. The highest BCUT2D eigenvalue weighted by atomic mass is 35.5. The van der Waals surface area contributed by atoms with E-state index >= 15 is 0 Å². The molecular formula is C18H18Cl2N2O3. The van der Waals surface area contributed by atoms with Gasteiger partial charge in [0.15, 0.2) is 0 Å². The molecule has 0 saturated carbocycles. The fourth-order valence-corrected chi connectivity index (χ4v) is 2.50. The Kier molecular flexibility index (Phi) is 7.10. The topological polar surface area (TPSA) is 59.9 Å². The minimum atomic E-state index is -0.288. The van der Waals surface area contributed by atoms with E-state index in [-0.39, 0.29) is 12.3 Å². The van der Waals surface area contributed by atoms with E-state index in [1.165, 1.54) is 6.21 Å². The molecule has 132 valence electrons. The van der Waals surface area contributed by atoms with Gasteiger partial charge >= 0.3 is 0 Å². The molecular weight excluding hydrogens is 363 g/mol. The fraction of sp³-hybridized carbons (Fsp3) is 0.222. The van der Waals surface area contributed by atoms with Crippen LogP contribution in [0, 0.1) is 0 Å². The van der Waals surface area contributed by atoms with Crippen molar-refractivity contribution < 1.29 is 14.3 Å². The van der Waals surface area contributed by atoms with E-state index in [1.54, 1.807) is 43.5 Å². The molecule has 2 aromatic carbocycles. The van der Waals surface area contributed by atoms with Gasteiger partial charge in [-0.1, -0.05) is 23.2 Å². The Balaban J connectivity index is 1.95. The number of rotatable bonds is 7. The van der Waals surface area contributed by atoms with Crippen LogP contribution in [0.15, 0.2) is 41.5 Å². The Bertz CT molecular complexity index is 779. The second-order valence-corrected chi connectivity index (χ2v) is 5.86. The number of methoxy groups -OCH3 is 1. The van der Waals surface area contributed by atoms with Crippen LogP contribution in [0.2, 0.25) is 10.0 Å². The highest BCUT2D eigenvalue weighted by Crippen LogP contribution is 2.25. The maximum absolute atomic E-state index is 12.0. The summed E-state index contributed by atoms with van der Waals surface area (Å²) in [6.07, 6.45) is 1.60. The van der Waals surface area contributed by atoms with Crippen LogP contribution in [-0.4, -0.2) is 25.8 Å². The molecule has 0 aliphatic heterocycles. The molecule has 2 rings (SSSR count). The highest BCUT2D eigenvalue weighted by Gasteiger charge is 2.08. The van der Waals surface area contributed by atoms with Crippen LogP contribution in [-0.2, 0) is 11.2 Å². The summed E-state index contributed by atoms with van der Waals surface area (Å²) >= 11 is 12.2. The van der Waals surface area contributed by atoms with Crippen molar-refractivity contribution in [3.05, 3.63) is 57.6 Å². The molecule has 0 heterocycles. The molecule has 0 aliphatic carbocycles. The molecule has 0 spiro atoms. The van der Waals surface area contributed by atoms with Gasteiger partial charge in [-0.3, -0.25) is 4.79 Å². The number of hydrazone groups is 1. The zero-order valence-electron chi connectivity index (χ0n) is 13.9. The molecule has 0 atom stereocenters. The summed E-state index contributed by atoms with van der Waals surface area (Å²) in [4.78, 5) is 12.0. The zero-order valence-corrected chi connectivity index (χ0v) is 15.4. The maximum atomic E-state index is 12.0. The van der Waals surface area contributed by atoms with Gasteiger partial charge in [0.25, 0.3) is 0 Å². The van der Waals surface area contributed by atoms with E-state index in [9.17, 15) is 4.79 Å². The predicted octanol–water partition coefficient (Wildman–Crippen LogP) is 4.09. The van der Waals surface area contributed by atoms with E-state index in [0.717, 1.165) is 5.56 Å². The minimum absolute atomic E-state index is 0.0947. The van der Waals surface area contributed by atoms with Gasteiger partial charge in [-0.05, 0) is 54.4 Å². The number of carbonyl (C=O) groups is 1. The van der Waals surface area contributed by atoms with E-state index in [2.05, 4.69) is 10.5 Å². The fourth-order valence-electron chi connectivity index (χ4n) is 2.07. The molecule has 0 radical (unpaired) electrons. The summed E-state index contributed by atoms with van der Waals surface area (Å²) in [6, 6.07) is 10.4. The molecule has 0 aromatic heterocycles. The molecule has 0 unspecified atom stereocenters. The number of ether oxygens (including phenoxy) is 2. The Morgan fingerprint density at radius 1 is 1.20 bits per heavy atom. The number of amides is 1. The molecule has 5 nitrogen and oxygen atoms in total. The van der Waals surface area contributed by atoms with Gasteiger partial charge in [-0.2, -0.15) is 5.10 Å².